The Kier molecular flexibility index (Phi) is 4.73. The van der Waals surface area contributed by atoms with E-state index in [4.69, 9.17) is 9.15 Å². The fraction of sp³-hybridized carbons (Fsp3) is 0.286. The minimum absolute atomic E-state index is 0.158. The van der Waals surface area contributed by atoms with E-state index in [1.54, 1.807) is 37.5 Å². The van der Waals surface area contributed by atoms with Crippen LogP contribution in [0.15, 0.2) is 41.1 Å². The average Bonchev–Trinajstić information content (AvgIpc) is 3.21. The van der Waals surface area contributed by atoms with Gasteiger partial charge in [0.2, 0.25) is 5.91 Å². The molecule has 1 unspecified atom stereocenters. The van der Waals surface area contributed by atoms with Crippen molar-refractivity contribution in [1.82, 2.24) is 15.6 Å². The van der Waals surface area contributed by atoms with E-state index in [0.717, 1.165) is 11.1 Å². The molecule has 1 aromatic carbocycles. The molecule has 1 aliphatic heterocycles. The van der Waals surface area contributed by atoms with Crippen LogP contribution >= 0.6 is 0 Å². The number of nitrogens with one attached hydrogen (secondary N) is 2. The summed E-state index contributed by atoms with van der Waals surface area (Å²) < 4.78 is 11.6. The molecule has 2 amide bonds. The summed E-state index contributed by atoms with van der Waals surface area (Å²) in [5, 5.41) is 6.16. The predicted octanol–water partition coefficient (Wildman–Crippen LogP) is 2.64. The first-order valence-electron chi connectivity index (χ1n) is 9.16. The van der Waals surface area contributed by atoms with Gasteiger partial charge in [-0.2, -0.15) is 0 Å². The van der Waals surface area contributed by atoms with Crippen LogP contribution in [0.2, 0.25) is 0 Å². The Morgan fingerprint density at radius 3 is 2.93 bits per heavy atom. The molecule has 2 aromatic heterocycles. The van der Waals surface area contributed by atoms with Crippen molar-refractivity contribution in [2.45, 2.75) is 32.9 Å². The summed E-state index contributed by atoms with van der Waals surface area (Å²) in [4.78, 5) is 28.7. The lowest BCUT2D eigenvalue weighted by Crippen LogP contribution is -2.40. The van der Waals surface area contributed by atoms with Gasteiger partial charge in [-0.25, -0.2) is 0 Å². The summed E-state index contributed by atoms with van der Waals surface area (Å²) in [6.07, 6.45) is 4.14. The van der Waals surface area contributed by atoms with E-state index >= 15 is 0 Å². The second-order valence-corrected chi connectivity index (χ2v) is 6.96. The molecule has 4 rings (SSSR count). The molecular weight excluding hydrogens is 358 g/mol. The standard InChI is InChI=1S/C21H21N3O4/c1-12-7-14(10-22-9-12)11-27-15-3-4-18-16(8-15)19(13(2)28-18)21(26)24-17-5-6-23-20(17)25/h3-4,7-10,17H,5-6,11H2,1-2H3,(H,23,25)(H,24,26). The first kappa shape index (κ1) is 18.0. The van der Waals surface area contributed by atoms with Crippen LogP contribution in [0, 0.1) is 13.8 Å². The zero-order chi connectivity index (χ0) is 19.7. The van der Waals surface area contributed by atoms with Gasteiger partial charge >= 0.3 is 0 Å². The van der Waals surface area contributed by atoms with Crippen molar-refractivity contribution >= 4 is 22.8 Å². The van der Waals surface area contributed by atoms with E-state index in [0.29, 0.717) is 47.6 Å². The maximum atomic E-state index is 12.8. The summed E-state index contributed by atoms with van der Waals surface area (Å²) in [7, 11) is 0. The van der Waals surface area contributed by atoms with E-state index in [2.05, 4.69) is 15.6 Å². The third-order valence-electron chi connectivity index (χ3n) is 4.75. The number of rotatable bonds is 5. The van der Waals surface area contributed by atoms with Gasteiger partial charge in [0, 0.05) is 29.9 Å². The molecule has 1 atom stereocenters. The van der Waals surface area contributed by atoms with Crippen LogP contribution in [0.25, 0.3) is 11.0 Å². The van der Waals surface area contributed by atoms with Crippen LogP contribution in [-0.4, -0.2) is 29.4 Å². The molecule has 0 aliphatic carbocycles. The van der Waals surface area contributed by atoms with Gasteiger partial charge in [-0.05, 0) is 50.1 Å². The fourth-order valence-electron chi connectivity index (χ4n) is 3.40. The third kappa shape index (κ3) is 3.55. The minimum atomic E-state index is -0.509. The Bertz CT molecular complexity index is 1060. The van der Waals surface area contributed by atoms with Crippen LogP contribution in [0.3, 0.4) is 0 Å². The summed E-state index contributed by atoms with van der Waals surface area (Å²) in [6.45, 7) is 4.66. The quantitative estimate of drug-likeness (QED) is 0.711. The molecule has 3 aromatic rings. The van der Waals surface area contributed by atoms with Crippen molar-refractivity contribution in [3.8, 4) is 5.75 Å². The van der Waals surface area contributed by atoms with Crippen LogP contribution in [0.4, 0.5) is 0 Å². The Labute approximate surface area is 162 Å². The topological polar surface area (TPSA) is 93.5 Å². The second kappa shape index (κ2) is 7.34. The van der Waals surface area contributed by atoms with Gasteiger partial charge in [0.1, 0.15) is 29.7 Å². The molecule has 3 heterocycles. The van der Waals surface area contributed by atoms with Crippen molar-refractivity contribution in [2.75, 3.05) is 6.54 Å². The van der Waals surface area contributed by atoms with Gasteiger partial charge in [-0.15, -0.1) is 0 Å². The van der Waals surface area contributed by atoms with Crippen molar-refractivity contribution in [1.29, 1.82) is 0 Å². The number of ether oxygens (including phenoxy) is 1. The zero-order valence-electron chi connectivity index (χ0n) is 15.7. The van der Waals surface area contributed by atoms with Gasteiger partial charge in [0.05, 0.1) is 5.56 Å². The highest BCUT2D eigenvalue weighted by molar-refractivity contribution is 6.08. The maximum absolute atomic E-state index is 12.8. The number of fused-ring (bicyclic) bond motifs is 1. The van der Waals surface area contributed by atoms with Crippen molar-refractivity contribution in [3.05, 3.63) is 59.1 Å². The number of pyridine rings is 1. The fourth-order valence-corrected chi connectivity index (χ4v) is 3.40. The number of aromatic nitrogens is 1. The number of hydrogen-bond acceptors (Lipinski definition) is 5. The molecule has 1 saturated heterocycles. The maximum Gasteiger partial charge on any atom is 0.256 e. The number of carbonyl (C=O) groups is 2. The number of carbonyl (C=O) groups excluding carboxylic acids is 2. The molecule has 0 bridgehead atoms. The molecule has 2 N–H and O–H groups in total. The number of amides is 2. The Morgan fingerprint density at radius 1 is 1.32 bits per heavy atom. The molecule has 28 heavy (non-hydrogen) atoms. The number of aryl methyl sites for hydroxylation is 2. The second-order valence-electron chi connectivity index (χ2n) is 6.96. The molecule has 0 saturated carbocycles. The molecular formula is C21H21N3O4. The van der Waals surface area contributed by atoms with Crippen LogP contribution in [0.5, 0.6) is 5.75 Å². The monoisotopic (exact) mass is 379 g/mol. The van der Waals surface area contributed by atoms with E-state index < -0.39 is 6.04 Å². The van der Waals surface area contributed by atoms with Crippen molar-refractivity contribution < 1.29 is 18.7 Å². The molecule has 7 nitrogen and oxygen atoms in total. The zero-order valence-corrected chi connectivity index (χ0v) is 15.7. The van der Waals surface area contributed by atoms with E-state index in [9.17, 15) is 9.59 Å². The molecule has 1 fully saturated rings. The first-order chi connectivity index (χ1) is 13.5. The number of hydrogen-bond donors (Lipinski definition) is 2. The number of benzene rings is 1. The van der Waals surface area contributed by atoms with Crippen LogP contribution < -0.4 is 15.4 Å². The first-order valence-corrected chi connectivity index (χ1v) is 9.16. The van der Waals surface area contributed by atoms with Crippen molar-refractivity contribution in [3.63, 3.8) is 0 Å². The van der Waals surface area contributed by atoms with Gasteiger partial charge in [-0.1, -0.05) is 0 Å². The highest BCUT2D eigenvalue weighted by Gasteiger charge is 2.28. The Balaban J connectivity index is 1.57. The minimum Gasteiger partial charge on any atom is -0.489 e. The van der Waals surface area contributed by atoms with Crippen LogP contribution in [-0.2, 0) is 11.4 Å². The summed E-state index contributed by atoms with van der Waals surface area (Å²) in [5.41, 5.74) is 3.06. The number of nitrogens with zero attached hydrogens (tertiary/aromatic N) is 1. The van der Waals surface area contributed by atoms with Crippen LogP contribution in [0.1, 0.15) is 33.7 Å². The molecule has 144 valence electrons. The summed E-state index contributed by atoms with van der Waals surface area (Å²) in [6, 6.07) is 6.88. The normalized spacial score (nSPS) is 16.2. The third-order valence-corrected chi connectivity index (χ3v) is 4.75. The molecule has 0 radical (unpaired) electrons. The highest BCUT2D eigenvalue weighted by Crippen LogP contribution is 2.29. The molecule has 0 spiro atoms. The highest BCUT2D eigenvalue weighted by atomic mass is 16.5. The lowest BCUT2D eigenvalue weighted by Gasteiger charge is -2.10. The summed E-state index contributed by atoms with van der Waals surface area (Å²) >= 11 is 0. The summed E-state index contributed by atoms with van der Waals surface area (Å²) in [5.74, 6) is 0.654. The lowest BCUT2D eigenvalue weighted by atomic mass is 10.1. The molecule has 7 heteroatoms. The van der Waals surface area contributed by atoms with Gasteiger partial charge in [0.15, 0.2) is 0 Å². The molecule has 1 aliphatic rings. The van der Waals surface area contributed by atoms with Gasteiger partial charge in [-0.3, -0.25) is 14.6 Å². The van der Waals surface area contributed by atoms with E-state index in [1.807, 2.05) is 13.0 Å². The Morgan fingerprint density at radius 2 is 2.18 bits per heavy atom. The van der Waals surface area contributed by atoms with E-state index in [1.165, 1.54) is 0 Å². The Hall–Kier alpha value is -3.35. The smallest absolute Gasteiger partial charge is 0.256 e. The van der Waals surface area contributed by atoms with Gasteiger partial charge in [0.25, 0.3) is 5.91 Å². The van der Waals surface area contributed by atoms with Gasteiger partial charge < -0.3 is 19.8 Å². The average molecular weight is 379 g/mol. The largest absolute Gasteiger partial charge is 0.489 e. The lowest BCUT2D eigenvalue weighted by molar-refractivity contribution is -0.120. The number of furan rings is 1. The van der Waals surface area contributed by atoms with E-state index in [-0.39, 0.29) is 11.8 Å². The predicted molar refractivity (Wildman–Crippen MR) is 103 cm³/mol. The SMILES string of the molecule is Cc1cncc(COc2ccc3oc(C)c(C(=O)NC4CCNC4=O)c3c2)c1. The van der Waals surface area contributed by atoms with Crippen molar-refractivity contribution in [2.24, 2.45) is 0 Å².